The number of amides is 1. The molecule has 0 saturated heterocycles. The van der Waals surface area contributed by atoms with E-state index in [2.05, 4.69) is 0 Å². The monoisotopic (exact) mass is 266 g/mol. The first-order valence-electron chi connectivity index (χ1n) is 5.84. The van der Waals surface area contributed by atoms with Crippen molar-refractivity contribution >= 4 is 17.6 Å². The van der Waals surface area contributed by atoms with Crippen LogP contribution in [0.15, 0.2) is 18.2 Å². The molecule has 1 aromatic carbocycles. The van der Waals surface area contributed by atoms with Gasteiger partial charge in [0.25, 0.3) is 5.91 Å². The van der Waals surface area contributed by atoms with Crippen LogP contribution in [-0.2, 0) is 9.53 Å². The highest BCUT2D eigenvalue weighted by atomic mass is 16.5. The topological polar surface area (TPSA) is 81.9 Å². The Balaban J connectivity index is 2.91. The number of carbonyl (C=O) groups excluding carboxylic acids is 2. The third-order valence-electron chi connectivity index (χ3n) is 2.51. The van der Waals surface area contributed by atoms with Crippen molar-refractivity contribution in [3.63, 3.8) is 0 Å². The van der Waals surface area contributed by atoms with Crippen LogP contribution < -0.4 is 10.5 Å². The largest absolute Gasteiger partial charge is 0.496 e. The predicted molar refractivity (Wildman–Crippen MR) is 71.0 cm³/mol. The Bertz CT molecular complexity index is 474. The van der Waals surface area contributed by atoms with E-state index in [4.69, 9.17) is 15.2 Å². The van der Waals surface area contributed by atoms with Crippen LogP contribution in [0.25, 0.3) is 0 Å². The van der Waals surface area contributed by atoms with E-state index in [1.54, 1.807) is 25.1 Å². The Morgan fingerprint density at radius 3 is 2.63 bits per heavy atom. The van der Waals surface area contributed by atoms with Crippen LogP contribution in [0, 0.1) is 0 Å². The van der Waals surface area contributed by atoms with Crippen LogP contribution in [0.1, 0.15) is 17.3 Å². The van der Waals surface area contributed by atoms with Crippen LogP contribution in [0.5, 0.6) is 5.75 Å². The average molecular weight is 266 g/mol. The van der Waals surface area contributed by atoms with Crippen molar-refractivity contribution in [2.75, 3.05) is 33.0 Å². The number of ether oxygens (including phenoxy) is 2. The van der Waals surface area contributed by atoms with Gasteiger partial charge in [-0.15, -0.1) is 0 Å². The molecular formula is C13H18N2O4. The van der Waals surface area contributed by atoms with Gasteiger partial charge in [0.1, 0.15) is 17.9 Å². The highest BCUT2D eigenvalue weighted by Gasteiger charge is 2.21. The molecule has 1 amide bonds. The van der Waals surface area contributed by atoms with E-state index in [9.17, 15) is 9.59 Å². The van der Waals surface area contributed by atoms with Gasteiger partial charge in [0.05, 0.1) is 13.7 Å². The fraction of sp³-hybridized carbons (Fsp3) is 0.385. The Labute approximate surface area is 112 Å². The number of nitrogens with two attached hydrogens (primary N) is 1. The zero-order valence-electron chi connectivity index (χ0n) is 11.3. The Kier molecular flexibility index (Phi) is 5.17. The van der Waals surface area contributed by atoms with E-state index in [-0.39, 0.29) is 24.6 Å². The summed E-state index contributed by atoms with van der Waals surface area (Å²) in [5.74, 6) is -0.476. The molecule has 0 aliphatic heterocycles. The fourth-order valence-corrected chi connectivity index (χ4v) is 1.61. The van der Waals surface area contributed by atoms with Gasteiger partial charge in [0, 0.05) is 12.7 Å². The number of nitrogen functional groups attached to an aromatic ring is 1. The third kappa shape index (κ3) is 3.61. The lowest BCUT2D eigenvalue weighted by Gasteiger charge is -2.18. The van der Waals surface area contributed by atoms with E-state index in [0.29, 0.717) is 11.4 Å². The SMILES string of the molecule is CCOC(=O)CN(C)C(=O)c1c(N)cccc1OC. The molecule has 0 atom stereocenters. The van der Waals surface area contributed by atoms with Crippen LogP contribution in [-0.4, -0.2) is 44.1 Å². The quantitative estimate of drug-likeness (QED) is 0.633. The van der Waals surface area contributed by atoms with Crippen LogP contribution in [0.3, 0.4) is 0 Å². The van der Waals surface area contributed by atoms with Crippen LogP contribution in [0.4, 0.5) is 5.69 Å². The zero-order valence-corrected chi connectivity index (χ0v) is 11.3. The molecular weight excluding hydrogens is 248 g/mol. The number of hydrogen-bond donors (Lipinski definition) is 1. The van der Waals surface area contributed by atoms with E-state index < -0.39 is 5.97 Å². The first-order chi connectivity index (χ1) is 9.01. The van der Waals surface area contributed by atoms with Crippen LogP contribution in [0.2, 0.25) is 0 Å². The molecule has 6 heteroatoms. The van der Waals surface area contributed by atoms with Crippen molar-refractivity contribution in [3.05, 3.63) is 23.8 Å². The van der Waals surface area contributed by atoms with Crippen LogP contribution >= 0.6 is 0 Å². The Hall–Kier alpha value is -2.24. The minimum absolute atomic E-state index is 0.135. The highest BCUT2D eigenvalue weighted by Crippen LogP contribution is 2.25. The maximum absolute atomic E-state index is 12.2. The van der Waals surface area contributed by atoms with Gasteiger partial charge in [-0.1, -0.05) is 6.07 Å². The minimum atomic E-state index is -0.466. The Morgan fingerprint density at radius 1 is 1.37 bits per heavy atom. The lowest BCUT2D eigenvalue weighted by atomic mass is 10.1. The number of nitrogens with zero attached hydrogens (tertiary/aromatic N) is 1. The maximum Gasteiger partial charge on any atom is 0.325 e. The van der Waals surface area contributed by atoms with Gasteiger partial charge in [-0.25, -0.2) is 0 Å². The first-order valence-corrected chi connectivity index (χ1v) is 5.84. The number of methoxy groups -OCH3 is 1. The van der Waals surface area contributed by atoms with Crippen molar-refractivity contribution in [3.8, 4) is 5.75 Å². The second-order valence-electron chi connectivity index (χ2n) is 3.89. The van der Waals surface area contributed by atoms with Gasteiger partial charge in [-0.05, 0) is 19.1 Å². The lowest BCUT2D eigenvalue weighted by molar-refractivity contribution is -0.143. The predicted octanol–water partition coefficient (Wildman–Crippen LogP) is 0.912. The van der Waals surface area contributed by atoms with E-state index in [1.807, 2.05) is 0 Å². The molecule has 0 aliphatic rings. The number of rotatable bonds is 5. The van der Waals surface area contributed by atoms with Gasteiger partial charge in [-0.2, -0.15) is 0 Å². The van der Waals surface area contributed by atoms with Gasteiger partial charge in [-0.3, -0.25) is 9.59 Å². The molecule has 0 saturated carbocycles. The summed E-state index contributed by atoms with van der Waals surface area (Å²) in [6, 6.07) is 4.94. The van der Waals surface area contributed by atoms with Crippen molar-refractivity contribution in [2.45, 2.75) is 6.92 Å². The zero-order chi connectivity index (χ0) is 14.4. The summed E-state index contributed by atoms with van der Waals surface area (Å²) >= 11 is 0. The van der Waals surface area contributed by atoms with Gasteiger partial charge in [0.2, 0.25) is 0 Å². The molecule has 0 spiro atoms. The van der Waals surface area contributed by atoms with Crippen molar-refractivity contribution in [2.24, 2.45) is 0 Å². The third-order valence-corrected chi connectivity index (χ3v) is 2.51. The molecule has 6 nitrogen and oxygen atoms in total. The lowest BCUT2D eigenvalue weighted by Crippen LogP contribution is -2.33. The van der Waals surface area contributed by atoms with Crippen molar-refractivity contribution in [1.82, 2.24) is 4.90 Å². The molecule has 0 bridgehead atoms. The standard InChI is InChI=1S/C13H18N2O4/c1-4-19-11(16)8-15(2)13(17)12-9(14)6-5-7-10(12)18-3/h5-7H,4,8,14H2,1-3H3. The highest BCUT2D eigenvalue weighted by molar-refractivity contribution is 6.02. The molecule has 0 aromatic heterocycles. The molecule has 0 radical (unpaired) electrons. The molecule has 2 N–H and O–H groups in total. The van der Waals surface area contributed by atoms with E-state index >= 15 is 0 Å². The summed E-state index contributed by atoms with van der Waals surface area (Å²) in [4.78, 5) is 24.8. The molecule has 1 rings (SSSR count). The summed E-state index contributed by atoms with van der Waals surface area (Å²) in [5, 5.41) is 0. The summed E-state index contributed by atoms with van der Waals surface area (Å²) < 4.78 is 9.90. The second-order valence-corrected chi connectivity index (χ2v) is 3.89. The summed E-state index contributed by atoms with van der Waals surface area (Å²) in [6.45, 7) is 1.85. The maximum atomic E-state index is 12.2. The molecule has 0 aliphatic carbocycles. The summed E-state index contributed by atoms with van der Waals surface area (Å²) in [6.07, 6.45) is 0. The van der Waals surface area contributed by atoms with Gasteiger partial charge >= 0.3 is 5.97 Å². The van der Waals surface area contributed by atoms with Crippen molar-refractivity contribution < 1.29 is 19.1 Å². The summed E-state index contributed by atoms with van der Waals surface area (Å²) in [7, 11) is 2.96. The molecule has 0 fully saturated rings. The second kappa shape index (κ2) is 6.63. The van der Waals surface area contributed by atoms with E-state index in [1.165, 1.54) is 19.1 Å². The number of hydrogen-bond acceptors (Lipinski definition) is 5. The molecule has 0 unspecified atom stereocenters. The molecule has 0 heterocycles. The smallest absolute Gasteiger partial charge is 0.325 e. The summed E-state index contributed by atoms with van der Waals surface area (Å²) in [5.41, 5.74) is 6.33. The Morgan fingerprint density at radius 2 is 2.05 bits per heavy atom. The number of likely N-dealkylation sites (N-methyl/N-ethyl adjacent to an activating group) is 1. The number of benzene rings is 1. The van der Waals surface area contributed by atoms with Gasteiger partial charge in [0.15, 0.2) is 0 Å². The first kappa shape index (κ1) is 14.8. The normalized spacial score (nSPS) is 9.84. The number of anilines is 1. The number of carbonyl (C=O) groups is 2. The number of esters is 1. The minimum Gasteiger partial charge on any atom is -0.496 e. The fourth-order valence-electron chi connectivity index (χ4n) is 1.61. The van der Waals surface area contributed by atoms with Gasteiger partial charge < -0.3 is 20.1 Å². The van der Waals surface area contributed by atoms with Crippen molar-refractivity contribution in [1.29, 1.82) is 0 Å². The molecule has 104 valence electrons. The van der Waals surface area contributed by atoms with E-state index in [0.717, 1.165) is 0 Å². The molecule has 1 aromatic rings. The molecule has 19 heavy (non-hydrogen) atoms. The average Bonchev–Trinajstić information content (AvgIpc) is 2.37.